The second-order valence-electron chi connectivity index (χ2n) is 5.38. The van der Waals surface area contributed by atoms with Crippen molar-refractivity contribution in [1.82, 2.24) is 0 Å². The maximum atomic E-state index is 13.0. The quantitative estimate of drug-likeness (QED) is 0.341. The van der Waals surface area contributed by atoms with Gasteiger partial charge in [0.1, 0.15) is 12.4 Å². The average molecular weight is 470 g/mol. The molecule has 1 heterocycles. The van der Waals surface area contributed by atoms with Crippen LogP contribution in [0.2, 0.25) is 0 Å². The Labute approximate surface area is 152 Å². The topological polar surface area (TPSA) is 9.23 Å². The number of alkyl halides is 6. The molecule has 0 bridgehead atoms. The molecule has 2 aromatic carbocycles. The van der Waals surface area contributed by atoms with Crippen LogP contribution in [0.4, 0.5) is 26.3 Å². The van der Waals surface area contributed by atoms with Crippen LogP contribution in [-0.4, -0.2) is 0 Å². The van der Waals surface area contributed by atoms with E-state index in [0.29, 0.717) is 17.7 Å². The molecule has 132 valence electrons. The second kappa shape index (κ2) is 6.22. The van der Waals surface area contributed by atoms with Gasteiger partial charge in [-0.25, -0.2) is 0 Å². The molecule has 8 heteroatoms. The van der Waals surface area contributed by atoms with Crippen molar-refractivity contribution >= 4 is 31.9 Å². The number of ether oxygens (including phenoxy) is 1. The van der Waals surface area contributed by atoms with Gasteiger partial charge in [-0.05, 0) is 46.4 Å². The molecule has 2 aromatic rings. The Morgan fingerprint density at radius 1 is 0.880 bits per heavy atom. The van der Waals surface area contributed by atoms with Crippen LogP contribution in [-0.2, 0) is 23.7 Å². The Balaban J connectivity index is 2.19. The molecule has 1 nitrogen and oxygen atoms in total. The third-order valence-corrected chi connectivity index (χ3v) is 4.79. The predicted molar refractivity (Wildman–Crippen MR) is 88.5 cm³/mol. The number of halogens is 7. The van der Waals surface area contributed by atoms with Crippen molar-refractivity contribution in [3.05, 3.63) is 70.3 Å². The van der Waals surface area contributed by atoms with Gasteiger partial charge in [0.25, 0.3) is 0 Å². The van der Waals surface area contributed by atoms with Crippen molar-refractivity contribution in [2.75, 3.05) is 0 Å². The summed E-state index contributed by atoms with van der Waals surface area (Å²) in [6, 6.07) is 8.53. The van der Waals surface area contributed by atoms with E-state index in [4.69, 9.17) is 4.74 Å². The van der Waals surface area contributed by atoms with Crippen LogP contribution in [0.3, 0.4) is 0 Å². The average Bonchev–Trinajstić information content (AvgIpc) is 2.96. The van der Waals surface area contributed by atoms with Crippen LogP contribution in [0.1, 0.15) is 27.8 Å². The summed E-state index contributed by atoms with van der Waals surface area (Å²) < 4.78 is 83.7. The Kier molecular flexibility index (Phi) is 4.50. The molecule has 0 aromatic heterocycles. The second-order valence-corrected chi connectivity index (χ2v) is 6.46. The first-order chi connectivity index (χ1) is 11.6. The molecular formula is C17H9F6IO. The van der Waals surface area contributed by atoms with E-state index >= 15 is 0 Å². The Hall–Kier alpha value is -1.71. The van der Waals surface area contributed by atoms with Crippen molar-refractivity contribution in [2.24, 2.45) is 0 Å². The molecule has 0 saturated carbocycles. The summed E-state index contributed by atoms with van der Waals surface area (Å²) in [5.74, 6) is 0.281. The minimum Gasteiger partial charge on any atom is -0.487 e. The van der Waals surface area contributed by atoms with Crippen LogP contribution in [0.5, 0.6) is 0 Å². The first kappa shape index (κ1) is 18.1. The van der Waals surface area contributed by atoms with Gasteiger partial charge in [-0.15, -0.1) is 0 Å². The van der Waals surface area contributed by atoms with E-state index in [1.54, 1.807) is 46.9 Å². The van der Waals surface area contributed by atoms with Crippen LogP contribution in [0.25, 0.3) is 9.34 Å². The van der Waals surface area contributed by atoms with E-state index < -0.39 is 23.5 Å². The van der Waals surface area contributed by atoms with Crippen LogP contribution in [0, 0.1) is 0 Å². The Morgan fingerprint density at radius 2 is 1.44 bits per heavy atom. The Bertz CT molecular complexity index is 819. The highest BCUT2D eigenvalue weighted by molar-refractivity contribution is 14.1. The van der Waals surface area contributed by atoms with Crippen molar-refractivity contribution in [2.45, 2.75) is 19.0 Å². The molecule has 0 N–H and O–H groups in total. The normalized spacial score (nSPS) is 16.4. The Morgan fingerprint density at radius 3 is 2.00 bits per heavy atom. The zero-order valence-corrected chi connectivity index (χ0v) is 14.5. The largest absolute Gasteiger partial charge is 0.487 e. The monoisotopic (exact) mass is 470 g/mol. The first-order valence-corrected chi connectivity index (χ1v) is 8.06. The molecule has 1 aliphatic heterocycles. The molecule has 0 unspecified atom stereocenters. The summed E-state index contributed by atoms with van der Waals surface area (Å²) in [5.41, 5.74) is -1.39. The van der Waals surface area contributed by atoms with Gasteiger partial charge in [-0.1, -0.05) is 24.3 Å². The van der Waals surface area contributed by atoms with E-state index in [1.807, 2.05) is 0 Å². The van der Waals surface area contributed by atoms with Gasteiger partial charge in [-0.2, -0.15) is 26.3 Å². The van der Waals surface area contributed by atoms with Crippen molar-refractivity contribution in [1.29, 1.82) is 0 Å². The molecule has 3 rings (SSSR count). The summed E-state index contributed by atoms with van der Waals surface area (Å²) in [7, 11) is 0. The standard InChI is InChI=1S/C17H9F6IO/c18-16(19,20)11-5-10(6-12(7-11)17(21,22)23)14(24)15-13-4-2-1-3-9(13)8-25-15/h1-7H,8H2/b15-14-. The van der Waals surface area contributed by atoms with Gasteiger partial charge in [0.05, 0.1) is 14.7 Å². The van der Waals surface area contributed by atoms with Crippen molar-refractivity contribution in [3.63, 3.8) is 0 Å². The first-order valence-electron chi connectivity index (χ1n) is 6.98. The zero-order valence-electron chi connectivity index (χ0n) is 12.3. The molecule has 0 radical (unpaired) electrons. The SMILES string of the molecule is FC(F)(F)c1cc(/C(I)=C2/OCc3ccccc32)cc(C(F)(F)F)c1. The summed E-state index contributed by atoms with van der Waals surface area (Å²) in [6.07, 6.45) is -9.77. The number of benzene rings is 2. The van der Waals surface area contributed by atoms with Gasteiger partial charge < -0.3 is 4.74 Å². The van der Waals surface area contributed by atoms with Crippen molar-refractivity contribution < 1.29 is 31.1 Å². The number of fused-ring (bicyclic) bond motifs is 1. The third kappa shape index (κ3) is 3.63. The smallest absolute Gasteiger partial charge is 0.416 e. The summed E-state index contributed by atoms with van der Waals surface area (Å²) >= 11 is 1.72. The molecule has 0 atom stereocenters. The highest BCUT2D eigenvalue weighted by Gasteiger charge is 2.37. The van der Waals surface area contributed by atoms with Crippen LogP contribution < -0.4 is 0 Å². The lowest BCUT2D eigenvalue weighted by atomic mass is 10.0. The number of hydrogen-bond donors (Lipinski definition) is 0. The minimum atomic E-state index is -4.88. The molecule has 0 aliphatic carbocycles. The van der Waals surface area contributed by atoms with Gasteiger partial charge in [0.15, 0.2) is 0 Å². The van der Waals surface area contributed by atoms with E-state index in [0.717, 1.165) is 5.56 Å². The zero-order chi connectivity index (χ0) is 18.4. The lowest BCUT2D eigenvalue weighted by molar-refractivity contribution is -0.143. The molecule has 25 heavy (non-hydrogen) atoms. The fraction of sp³-hybridized carbons (Fsp3) is 0.176. The highest BCUT2D eigenvalue weighted by atomic mass is 127. The highest BCUT2D eigenvalue weighted by Crippen LogP contribution is 2.42. The fourth-order valence-electron chi connectivity index (χ4n) is 2.49. The molecule has 0 saturated heterocycles. The van der Waals surface area contributed by atoms with Gasteiger partial charge in [0.2, 0.25) is 0 Å². The molecule has 0 fully saturated rings. The minimum absolute atomic E-state index is 0.113. The van der Waals surface area contributed by atoms with Crippen LogP contribution in [0.15, 0.2) is 42.5 Å². The van der Waals surface area contributed by atoms with E-state index in [1.165, 1.54) is 0 Å². The van der Waals surface area contributed by atoms with Crippen molar-refractivity contribution in [3.8, 4) is 0 Å². The van der Waals surface area contributed by atoms with Gasteiger partial charge >= 0.3 is 12.4 Å². The predicted octanol–water partition coefficient (Wildman–Crippen LogP) is 6.52. The summed E-state index contributed by atoms with van der Waals surface area (Å²) in [5, 5.41) is 0. The maximum absolute atomic E-state index is 13.0. The molecule has 0 amide bonds. The molecule has 1 aliphatic rings. The number of hydrogen-bond acceptors (Lipinski definition) is 1. The lowest BCUT2D eigenvalue weighted by Gasteiger charge is -2.15. The van der Waals surface area contributed by atoms with Gasteiger partial charge in [0, 0.05) is 11.1 Å². The molecule has 0 spiro atoms. The van der Waals surface area contributed by atoms with E-state index in [2.05, 4.69) is 0 Å². The summed E-state index contributed by atoms with van der Waals surface area (Å²) in [6.45, 7) is 0.225. The summed E-state index contributed by atoms with van der Waals surface area (Å²) in [4.78, 5) is 0. The molecular weight excluding hydrogens is 461 g/mol. The maximum Gasteiger partial charge on any atom is 0.416 e. The van der Waals surface area contributed by atoms with E-state index in [-0.39, 0.29) is 27.6 Å². The van der Waals surface area contributed by atoms with E-state index in [9.17, 15) is 26.3 Å². The number of rotatable bonds is 1. The lowest BCUT2D eigenvalue weighted by Crippen LogP contribution is -2.11. The van der Waals surface area contributed by atoms with Crippen LogP contribution >= 0.6 is 22.6 Å². The third-order valence-electron chi connectivity index (χ3n) is 3.67. The van der Waals surface area contributed by atoms with Gasteiger partial charge in [-0.3, -0.25) is 0 Å². The fourth-order valence-corrected chi connectivity index (χ4v) is 3.25.